The van der Waals surface area contributed by atoms with Crippen molar-refractivity contribution < 1.29 is 22.4 Å². The Morgan fingerprint density at radius 2 is 2.00 bits per heavy atom. The normalized spacial score (nSPS) is 11.5. The van der Waals surface area contributed by atoms with Crippen molar-refractivity contribution in [1.82, 2.24) is 20.5 Å². The second-order valence-corrected chi connectivity index (χ2v) is 5.97. The highest BCUT2D eigenvalue weighted by Crippen LogP contribution is 2.39. The number of carbonyl (C=O) groups excluding carboxylic acids is 1. The van der Waals surface area contributed by atoms with Crippen molar-refractivity contribution in [2.75, 3.05) is 12.8 Å². The summed E-state index contributed by atoms with van der Waals surface area (Å²) >= 11 is 0. The molecular formula is C18H15F4N5O. The van der Waals surface area contributed by atoms with Gasteiger partial charge in [0.1, 0.15) is 11.6 Å². The van der Waals surface area contributed by atoms with Gasteiger partial charge in [0.15, 0.2) is 0 Å². The lowest BCUT2D eigenvalue weighted by Crippen LogP contribution is -2.17. The van der Waals surface area contributed by atoms with E-state index >= 15 is 0 Å². The average Bonchev–Trinajstić information content (AvgIpc) is 3.04. The molecule has 0 saturated carbocycles. The van der Waals surface area contributed by atoms with E-state index < -0.39 is 29.0 Å². The highest BCUT2D eigenvalue weighted by molar-refractivity contribution is 5.95. The first-order valence-corrected chi connectivity index (χ1v) is 8.08. The molecule has 0 radical (unpaired) electrons. The third-order valence-corrected chi connectivity index (χ3v) is 4.02. The number of amides is 1. The lowest BCUT2D eigenvalue weighted by molar-refractivity contribution is -0.137. The molecular weight excluding hydrogens is 378 g/mol. The second kappa shape index (κ2) is 7.29. The van der Waals surface area contributed by atoms with Crippen LogP contribution in [0.1, 0.15) is 27.3 Å². The molecule has 146 valence electrons. The van der Waals surface area contributed by atoms with E-state index in [9.17, 15) is 22.4 Å². The van der Waals surface area contributed by atoms with Gasteiger partial charge >= 0.3 is 6.18 Å². The molecule has 3 rings (SSSR count). The summed E-state index contributed by atoms with van der Waals surface area (Å²) in [6.45, 7) is 0. The van der Waals surface area contributed by atoms with Gasteiger partial charge in [0, 0.05) is 24.6 Å². The number of halogens is 4. The van der Waals surface area contributed by atoms with Crippen molar-refractivity contribution in [3.8, 4) is 11.1 Å². The third kappa shape index (κ3) is 3.95. The monoisotopic (exact) mass is 393 g/mol. The molecule has 0 saturated heterocycles. The summed E-state index contributed by atoms with van der Waals surface area (Å²) < 4.78 is 55.8. The van der Waals surface area contributed by atoms with Crippen LogP contribution in [0.25, 0.3) is 11.1 Å². The van der Waals surface area contributed by atoms with Crippen LogP contribution in [0.5, 0.6) is 0 Å². The number of carbonyl (C=O) groups is 1. The molecule has 1 aromatic heterocycles. The second-order valence-electron chi connectivity index (χ2n) is 5.97. The van der Waals surface area contributed by atoms with Gasteiger partial charge in [-0.3, -0.25) is 9.89 Å². The van der Waals surface area contributed by atoms with Crippen LogP contribution in [0.2, 0.25) is 0 Å². The van der Waals surface area contributed by atoms with E-state index in [0.29, 0.717) is 0 Å². The van der Waals surface area contributed by atoms with Crippen LogP contribution >= 0.6 is 0 Å². The van der Waals surface area contributed by atoms with Crippen molar-refractivity contribution in [3.63, 3.8) is 0 Å². The molecule has 0 spiro atoms. The maximum atomic E-state index is 14.8. The van der Waals surface area contributed by atoms with Gasteiger partial charge in [-0.1, -0.05) is 12.1 Å². The van der Waals surface area contributed by atoms with Gasteiger partial charge in [-0.2, -0.15) is 18.2 Å². The van der Waals surface area contributed by atoms with Crippen LogP contribution in [0.15, 0.2) is 36.4 Å². The number of benzene rings is 2. The van der Waals surface area contributed by atoms with E-state index in [-0.39, 0.29) is 34.9 Å². The Kier molecular flexibility index (Phi) is 5.04. The molecule has 28 heavy (non-hydrogen) atoms. The van der Waals surface area contributed by atoms with E-state index in [1.807, 2.05) is 0 Å². The highest BCUT2D eigenvalue weighted by atomic mass is 19.4. The zero-order valence-electron chi connectivity index (χ0n) is 14.6. The largest absolute Gasteiger partial charge is 0.417 e. The molecule has 0 atom stereocenters. The van der Waals surface area contributed by atoms with Gasteiger partial charge in [-0.25, -0.2) is 4.39 Å². The number of hydrogen-bond donors (Lipinski definition) is 3. The highest BCUT2D eigenvalue weighted by Gasteiger charge is 2.36. The van der Waals surface area contributed by atoms with Crippen LogP contribution in [0, 0.1) is 5.82 Å². The molecule has 1 heterocycles. The quantitative estimate of drug-likeness (QED) is 0.593. The molecule has 4 N–H and O–H groups in total. The third-order valence-electron chi connectivity index (χ3n) is 4.02. The fourth-order valence-electron chi connectivity index (χ4n) is 2.82. The van der Waals surface area contributed by atoms with E-state index in [1.54, 1.807) is 0 Å². The number of nitrogens with one attached hydrogen (secondary N) is 2. The zero-order valence-corrected chi connectivity index (χ0v) is 14.6. The first-order chi connectivity index (χ1) is 13.2. The number of nitrogen functional groups attached to an aromatic ring is 1. The predicted octanol–water partition coefficient (Wildman–Crippen LogP) is 3.16. The number of nitrogens with two attached hydrogens (primary N) is 1. The molecule has 2 aromatic carbocycles. The summed E-state index contributed by atoms with van der Waals surface area (Å²) in [7, 11) is 1.39. The first kappa shape index (κ1) is 19.3. The van der Waals surface area contributed by atoms with Gasteiger partial charge in [-0.05, 0) is 35.4 Å². The maximum absolute atomic E-state index is 14.8. The van der Waals surface area contributed by atoms with Gasteiger partial charge < -0.3 is 11.1 Å². The molecule has 0 unspecified atom stereocenters. The molecule has 0 fully saturated rings. The lowest BCUT2D eigenvalue weighted by Gasteiger charge is -2.16. The lowest BCUT2D eigenvalue weighted by atomic mass is 9.94. The molecule has 0 bridgehead atoms. The number of anilines is 1. The molecule has 6 nitrogen and oxygen atoms in total. The van der Waals surface area contributed by atoms with Crippen LogP contribution in [0.3, 0.4) is 0 Å². The topological polar surface area (TPSA) is 96.7 Å². The van der Waals surface area contributed by atoms with Crippen LogP contribution in [0.4, 0.5) is 23.5 Å². The number of nitrogens with zero attached hydrogens (tertiary/aromatic N) is 2. The summed E-state index contributed by atoms with van der Waals surface area (Å²) in [4.78, 5) is 15.6. The van der Waals surface area contributed by atoms with Crippen LogP contribution in [-0.2, 0) is 12.6 Å². The molecule has 10 heteroatoms. The van der Waals surface area contributed by atoms with Gasteiger partial charge in [0.25, 0.3) is 5.91 Å². The van der Waals surface area contributed by atoms with Crippen LogP contribution < -0.4 is 11.1 Å². The number of rotatable bonds is 4. The number of hydrogen-bond acceptors (Lipinski definition) is 4. The van der Waals surface area contributed by atoms with Crippen molar-refractivity contribution >= 4 is 11.9 Å². The van der Waals surface area contributed by atoms with Gasteiger partial charge in [0.2, 0.25) is 5.95 Å². The molecule has 0 aliphatic heterocycles. The summed E-state index contributed by atoms with van der Waals surface area (Å²) in [5, 5.41) is 8.44. The Bertz CT molecular complexity index is 1030. The van der Waals surface area contributed by atoms with E-state index in [0.717, 1.165) is 12.1 Å². The molecule has 1 amide bonds. The summed E-state index contributed by atoms with van der Waals surface area (Å²) in [6.07, 6.45) is -4.92. The summed E-state index contributed by atoms with van der Waals surface area (Å²) in [5.41, 5.74) is 3.71. The summed E-state index contributed by atoms with van der Waals surface area (Å²) in [6, 6.07) is 7.20. The van der Waals surface area contributed by atoms with Gasteiger partial charge in [0.05, 0.1) is 5.56 Å². The van der Waals surface area contributed by atoms with Crippen molar-refractivity contribution in [2.24, 2.45) is 0 Å². The predicted molar refractivity (Wildman–Crippen MR) is 93.8 cm³/mol. The van der Waals surface area contributed by atoms with Crippen molar-refractivity contribution in [3.05, 3.63) is 64.7 Å². The van der Waals surface area contributed by atoms with Gasteiger partial charge in [-0.15, -0.1) is 5.10 Å². The molecule has 0 aliphatic carbocycles. The fraction of sp³-hybridized carbons (Fsp3) is 0.167. The van der Waals surface area contributed by atoms with E-state index in [1.165, 1.54) is 31.3 Å². The number of aromatic amines is 1. The van der Waals surface area contributed by atoms with E-state index in [4.69, 9.17) is 5.73 Å². The van der Waals surface area contributed by atoms with E-state index in [2.05, 4.69) is 20.5 Å². The Labute approximate surface area is 156 Å². The Morgan fingerprint density at radius 1 is 1.25 bits per heavy atom. The molecule has 0 aliphatic rings. The standard InChI is InChI=1S/C18H15F4N5O/c1-24-16(28)11-4-2-3-10(8-11)15-12(18(20,21)22)5-9(6-13(15)19)7-14-25-17(23)27-26-14/h2-6,8H,7H2,1H3,(H,24,28)(H3,23,25,26,27). The minimum atomic E-state index is -4.81. The maximum Gasteiger partial charge on any atom is 0.417 e. The van der Waals surface area contributed by atoms with Crippen molar-refractivity contribution in [2.45, 2.75) is 12.6 Å². The minimum absolute atomic E-state index is 0.0483. The fourth-order valence-corrected chi connectivity index (χ4v) is 2.82. The first-order valence-electron chi connectivity index (χ1n) is 8.08. The minimum Gasteiger partial charge on any atom is -0.367 e. The van der Waals surface area contributed by atoms with Crippen LogP contribution in [-0.4, -0.2) is 28.1 Å². The molecule has 3 aromatic rings. The number of alkyl halides is 3. The summed E-state index contributed by atoms with van der Waals surface area (Å²) in [5.74, 6) is -1.41. The van der Waals surface area contributed by atoms with Crippen molar-refractivity contribution in [1.29, 1.82) is 0 Å². The Balaban J connectivity index is 2.12. The Morgan fingerprint density at radius 3 is 2.61 bits per heavy atom. The number of H-pyrrole nitrogens is 1. The average molecular weight is 393 g/mol. The number of aromatic nitrogens is 3. The Hall–Kier alpha value is -3.43. The SMILES string of the molecule is CNC(=O)c1cccc(-c2c(F)cc(Cc3nc(N)n[nH]3)cc2C(F)(F)F)c1. The zero-order chi connectivity index (χ0) is 20.5. The smallest absolute Gasteiger partial charge is 0.367 e.